The highest BCUT2D eigenvalue weighted by atomic mass is 19.3. The summed E-state index contributed by atoms with van der Waals surface area (Å²) in [6.45, 7) is -1.63. The number of piperidine rings is 1. The van der Waals surface area contributed by atoms with Crippen LogP contribution < -0.4 is 14.8 Å². The van der Waals surface area contributed by atoms with Crippen LogP contribution in [0.5, 0.6) is 11.5 Å². The number of para-hydroxylation sites is 1. The number of rotatable bonds is 7. The third kappa shape index (κ3) is 5.05. The molecule has 1 amide bonds. The lowest BCUT2D eigenvalue weighted by atomic mass is 9.83. The zero-order chi connectivity index (χ0) is 24.4. The number of halogens is 2. The number of ether oxygens (including phenoxy) is 3. The number of fused-ring (bicyclic) bond motifs is 1. The lowest BCUT2D eigenvalue weighted by Crippen LogP contribution is -2.41. The molecule has 10 heteroatoms. The monoisotopic (exact) mass is 483 g/mol. The van der Waals surface area contributed by atoms with Gasteiger partial charge in [-0.2, -0.15) is 14.0 Å². The van der Waals surface area contributed by atoms with E-state index in [2.05, 4.69) is 21.1 Å². The molecule has 2 aromatic carbocycles. The lowest BCUT2D eigenvalue weighted by molar-refractivity contribution is -0.127. The number of hydrogen-bond acceptors (Lipinski definition) is 7. The number of carbonyl (C=O) groups is 1. The molecule has 1 aromatic heterocycles. The van der Waals surface area contributed by atoms with Crippen LogP contribution in [0.3, 0.4) is 0 Å². The first-order valence-corrected chi connectivity index (χ1v) is 11.4. The number of alkyl halides is 2. The third-order valence-corrected chi connectivity index (χ3v) is 6.30. The summed E-state index contributed by atoms with van der Waals surface area (Å²) in [7, 11) is 0. The summed E-state index contributed by atoms with van der Waals surface area (Å²) in [6, 6.07) is 12.1. The molecule has 8 nitrogen and oxygen atoms in total. The molecule has 182 valence electrons. The standard InChI is InChI=1S/C25H23F2N3O5/c26-25(27)35-19-5-4-14(9-21(19)33-18-6-7-32-13-18)17-8-16(24(31)29-12-17)10-22-30-23-15(11-28)2-1-3-20(23)34-22/h1-5,9,16-18,25H,6-8,10,12-13H2,(H,29,31)/t16-,17-,18+/m1/s1. The van der Waals surface area contributed by atoms with E-state index in [1.165, 1.54) is 6.07 Å². The number of nitrogens with zero attached hydrogens (tertiary/aromatic N) is 2. The van der Waals surface area contributed by atoms with E-state index >= 15 is 0 Å². The molecule has 5 rings (SSSR count). The Balaban J connectivity index is 1.35. The van der Waals surface area contributed by atoms with Crippen molar-refractivity contribution in [3.8, 4) is 17.6 Å². The normalized spacial score (nSPS) is 22.2. The fourth-order valence-electron chi connectivity index (χ4n) is 4.56. The Morgan fingerprint density at radius 1 is 1.26 bits per heavy atom. The van der Waals surface area contributed by atoms with Gasteiger partial charge in [-0.05, 0) is 36.2 Å². The van der Waals surface area contributed by atoms with Crippen molar-refractivity contribution in [3.63, 3.8) is 0 Å². The average Bonchev–Trinajstić information content (AvgIpc) is 3.50. The average molecular weight is 483 g/mol. The van der Waals surface area contributed by atoms with Crippen LogP contribution in [0.4, 0.5) is 8.78 Å². The van der Waals surface area contributed by atoms with Crippen LogP contribution in [0, 0.1) is 17.2 Å². The first-order valence-electron chi connectivity index (χ1n) is 11.4. The highest BCUT2D eigenvalue weighted by Gasteiger charge is 2.32. The van der Waals surface area contributed by atoms with Gasteiger partial charge >= 0.3 is 6.61 Å². The van der Waals surface area contributed by atoms with Gasteiger partial charge in [-0.15, -0.1) is 0 Å². The number of oxazole rings is 1. The maximum Gasteiger partial charge on any atom is 0.387 e. The van der Waals surface area contributed by atoms with Gasteiger partial charge < -0.3 is 23.9 Å². The van der Waals surface area contributed by atoms with Crippen molar-refractivity contribution in [2.75, 3.05) is 19.8 Å². The van der Waals surface area contributed by atoms with E-state index in [0.717, 1.165) is 5.56 Å². The number of amides is 1. The van der Waals surface area contributed by atoms with Gasteiger partial charge in [-0.3, -0.25) is 4.79 Å². The van der Waals surface area contributed by atoms with Crippen LogP contribution in [0.2, 0.25) is 0 Å². The quantitative estimate of drug-likeness (QED) is 0.543. The Morgan fingerprint density at radius 2 is 2.14 bits per heavy atom. The zero-order valence-electron chi connectivity index (χ0n) is 18.7. The number of carbonyl (C=O) groups excluding carboxylic acids is 1. The van der Waals surface area contributed by atoms with Crippen LogP contribution in [0.1, 0.15) is 35.8 Å². The first-order chi connectivity index (χ1) is 17.0. The second kappa shape index (κ2) is 9.88. The lowest BCUT2D eigenvalue weighted by Gasteiger charge is -2.29. The van der Waals surface area contributed by atoms with Crippen molar-refractivity contribution >= 4 is 17.0 Å². The second-order valence-corrected chi connectivity index (χ2v) is 8.64. The van der Waals surface area contributed by atoms with Crippen molar-refractivity contribution in [2.24, 2.45) is 5.92 Å². The van der Waals surface area contributed by atoms with Crippen LogP contribution in [-0.4, -0.2) is 43.4 Å². The Morgan fingerprint density at radius 3 is 2.91 bits per heavy atom. The Kier molecular flexibility index (Phi) is 6.51. The Hall–Kier alpha value is -3.71. The molecular weight excluding hydrogens is 460 g/mol. The number of hydrogen-bond donors (Lipinski definition) is 1. The van der Waals surface area contributed by atoms with E-state index in [9.17, 15) is 18.8 Å². The van der Waals surface area contributed by atoms with Crippen molar-refractivity contribution < 1.29 is 32.2 Å². The number of benzene rings is 2. The van der Waals surface area contributed by atoms with Gasteiger partial charge in [-0.1, -0.05) is 12.1 Å². The minimum absolute atomic E-state index is 0.0354. The predicted molar refractivity (Wildman–Crippen MR) is 119 cm³/mol. The molecule has 2 saturated heterocycles. The minimum atomic E-state index is -2.97. The molecule has 3 heterocycles. The SMILES string of the molecule is N#Cc1cccc2oc(C[C@H]3C[C@@H](c4ccc(OC(F)F)c(O[C@H]5CCOC5)c4)CNC3=O)nc12. The van der Waals surface area contributed by atoms with Crippen molar-refractivity contribution in [1.29, 1.82) is 5.26 Å². The summed E-state index contributed by atoms with van der Waals surface area (Å²) in [6.07, 6.45) is 1.22. The van der Waals surface area contributed by atoms with E-state index in [1.54, 1.807) is 30.3 Å². The smallest absolute Gasteiger partial charge is 0.387 e. The first kappa shape index (κ1) is 23.1. The van der Waals surface area contributed by atoms with Crippen LogP contribution >= 0.6 is 0 Å². The summed E-state index contributed by atoms with van der Waals surface area (Å²) in [4.78, 5) is 17.0. The van der Waals surface area contributed by atoms with Gasteiger partial charge in [0.25, 0.3) is 0 Å². The fourth-order valence-corrected chi connectivity index (χ4v) is 4.56. The molecule has 3 aromatic rings. The molecule has 3 atom stereocenters. The molecule has 0 spiro atoms. The number of nitriles is 1. The van der Waals surface area contributed by atoms with Crippen LogP contribution in [0.25, 0.3) is 11.1 Å². The minimum Gasteiger partial charge on any atom is -0.484 e. The molecule has 2 aliphatic rings. The summed E-state index contributed by atoms with van der Waals surface area (Å²) >= 11 is 0. The highest BCUT2D eigenvalue weighted by Crippen LogP contribution is 2.37. The summed E-state index contributed by atoms with van der Waals surface area (Å²) in [5, 5.41) is 12.2. The van der Waals surface area contributed by atoms with Gasteiger partial charge in [0.1, 0.15) is 17.7 Å². The summed E-state index contributed by atoms with van der Waals surface area (Å²) in [5.74, 6) is -0.00584. The van der Waals surface area contributed by atoms with Crippen LogP contribution in [-0.2, 0) is 16.0 Å². The van der Waals surface area contributed by atoms with Gasteiger partial charge in [0.2, 0.25) is 5.91 Å². The van der Waals surface area contributed by atoms with Crippen molar-refractivity contribution in [2.45, 2.75) is 37.9 Å². The van der Waals surface area contributed by atoms with E-state index in [4.69, 9.17) is 13.9 Å². The summed E-state index contributed by atoms with van der Waals surface area (Å²) < 4.78 is 47.5. The molecule has 0 bridgehead atoms. The van der Waals surface area contributed by atoms with E-state index in [1.807, 2.05) is 0 Å². The third-order valence-electron chi connectivity index (χ3n) is 6.30. The molecule has 1 N–H and O–H groups in total. The topological polar surface area (TPSA) is 107 Å². The molecule has 0 aliphatic carbocycles. The summed E-state index contributed by atoms with van der Waals surface area (Å²) in [5.41, 5.74) is 2.23. The van der Waals surface area contributed by atoms with E-state index in [-0.39, 0.29) is 35.8 Å². The highest BCUT2D eigenvalue weighted by molar-refractivity contribution is 5.81. The maximum absolute atomic E-state index is 12.9. The molecule has 0 unspecified atom stereocenters. The second-order valence-electron chi connectivity index (χ2n) is 8.64. The van der Waals surface area contributed by atoms with E-state index < -0.39 is 12.5 Å². The Labute approximate surface area is 199 Å². The van der Waals surface area contributed by atoms with Gasteiger partial charge in [0.15, 0.2) is 23.0 Å². The maximum atomic E-state index is 12.9. The molecule has 2 fully saturated rings. The zero-order valence-corrected chi connectivity index (χ0v) is 18.7. The molecule has 0 radical (unpaired) electrons. The van der Waals surface area contributed by atoms with E-state index in [0.29, 0.717) is 55.2 Å². The van der Waals surface area contributed by atoms with Crippen LogP contribution in [0.15, 0.2) is 40.8 Å². The predicted octanol–water partition coefficient (Wildman–Crippen LogP) is 3.93. The molecular formula is C25H23F2N3O5. The molecule has 35 heavy (non-hydrogen) atoms. The number of aromatic nitrogens is 1. The molecule has 0 saturated carbocycles. The number of nitrogens with one attached hydrogen (secondary N) is 1. The Bertz CT molecular complexity index is 1270. The van der Waals surface area contributed by atoms with Crippen molar-refractivity contribution in [1.82, 2.24) is 10.3 Å². The van der Waals surface area contributed by atoms with Gasteiger partial charge in [0.05, 0.1) is 18.8 Å². The van der Waals surface area contributed by atoms with Gasteiger partial charge in [-0.25, -0.2) is 4.98 Å². The molecule has 2 aliphatic heterocycles. The van der Waals surface area contributed by atoms with Crippen molar-refractivity contribution in [3.05, 3.63) is 53.4 Å². The fraction of sp³-hybridized carbons (Fsp3) is 0.400. The largest absolute Gasteiger partial charge is 0.484 e. The van der Waals surface area contributed by atoms with Gasteiger partial charge in [0, 0.05) is 31.2 Å².